The highest BCUT2D eigenvalue weighted by Crippen LogP contribution is 2.29. The lowest BCUT2D eigenvalue weighted by Crippen LogP contribution is -2.48. The Labute approximate surface area is 215 Å². The first-order valence-electron chi connectivity index (χ1n) is 12.3. The van der Waals surface area contributed by atoms with E-state index in [1.165, 1.54) is 11.1 Å². The highest BCUT2D eigenvalue weighted by Gasteiger charge is 2.28. The summed E-state index contributed by atoms with van der Waals surface area (Å²) < 4.78 is 11.4. The Bertz CT molecular complexity index is 1220. The first-order chi connectivity index (χ1) is 17.9. The maximum absolute atomic E-state index is 13.1. The van der Waals surface area contributed by atoms with Crippen LogP contribution in [-0.2, 0) is 20.8 Å². The third-order valence-corrected chi connectivity index (χ3v) is 6.56. The number of piperazine rings is 1. The van der Waals surface area contributed by atoms with Crippen LogP contribution in [0.2, 0.25) is 0 Å². The molecule has 2 aromatic rings. The van der Waals surface area contributed by atoms with Gasteiger partial charge >= 0.3 is 6.03 Å². The number of urea groups is 1. The number of hydrogen-bond donors (Lipinski definition) is 2. The number of likely N-dealkylation sites (N-methyl/N-ethyl adjacent to an activating group) is 1. The maximum atomic E-state index is 13.1. The van der Waals surface area contributed by atoms with E-state index in [9.17, 15) is 14.9 Å². The highest BCUT2D eigenvalue weighted by atomic mass is 16.7. The van der Waals surface area contributed by atoms with Crippen molar-refractivity contribution in [1.82, 2.24) is 19.8 Å². The third-order valence-electron chi connectivity index (χ3n) is 6.56. The Hall–Kier alpha value is -3.79. The van der Waals surface area contributed by atoms with Gasteiger partial charge in [-0.2, -0.15) is 5.26 Å². The maximum Gasteiger partial charge on any atom is 0.328 e. The third kappa shape index (κ3) is 5.80. The number of pyridine rings is 2. The van der Waals surface area contributed by atoms with Crippen LogP contribution >= 0.6 is 0 Å². The van der Waals surface area contributed by atoms with E-state index in [0.29, 0.717) is 67.5 Å². The highest BCUT2D eigenvalue weighted by molar-refractivity contribution is 6.00. The van der Waals surface area contributed by atoms with Crippen molar-refractivity contribution in [3.8, 4) is 6.07 Å². The van der Waals surface area contributed by atoms with E-state index >= 15 is 0 Å². The Morgan fingerprint density at radius 2 is 2.05 bits per heavy atom. The monoisotopic (exact) mass is 506 g/mol. The number of carbonyl (C=O) groups excluding carboxylic acids is 2. The molecule has 0 atom stereocenters. The summed E-state index contributed by atoms with van der Waals surface area (Å²) in [4.78, 5) is 39.6. The summed E-state index contributed by atoms with van der Waals surface area (Å²) >= 11 is 0. The van der Waals surface area contributed by atoms with E-state index in [0.717, 1.165) is 24.9 Å². The number of nitrogens with one attached hydrogen (secondary N) is 2. The summed E-state index contributed by atoms with van der Waals surface area (Å²) in [6, 6.07) is 7.29. The predicted octanol–water partition coefficient (Wildman–Crippen LogP) is 1.91. The molecule has 12 heteroatoms. The Morgan fingerprint density at radius 1 is 1.27 bits per heavy atom. The van der Waals surface area contributed by atoms with Crippen LogP contribution in [0.1, 0.15) is 36.0 Å². The van der Waals surface area contributed by atoms with Crippen LogP contribution in [0.25, 0.3) is 0 Å². The van der Waals surface area contributed by atoms with Gasteiger partial charge in [0.1, 0.15) is 23.4 Å². The van der Waals surface area contributed by atoms with Gasteiger partial charge in [0.2, 0.25) is 12.2 Å². The molecule has 2 aliphatic heterocycles. The number of rotatable bonds is 7. The average Bonchev–Trinajstić information content (AvgIpc) is 3.54. The molecule has 3 aliphatic rings. The molecule has 0 aromatic carbocycles. The molecule has 2 aromatic heterocycles. The molecule has 2 N–H and O–H groups in total. The van der Waals surface area contributed by atoms with E-state index in [2.05, 4.69) is 21.7 Å². The van der Waals surface area contributed by atoms with Crippen molar-refractivity contribution in [2.75, 3.05) is 62.5 Å². The number of nitriles is 1. The summed E-state index contributed by atoms with van der Waals surface area (Å²) in [6.45, 7) is 3.08. The molecule has 0 unspecified atom stereocenters. The normalized spacial score (nSPS) is 18.5. The molecule has 0 radical (unpaired) electrons. The molecule has 2 saturated heterocycles. The van der Waals surface area contributed by atoms with Crippen LogP contribution < -0.4 is 15.5 Å². The second-order valence-electron chi connectivity index (χ2n) is 9.48. The standard InChI is InChI=1S/C25H30N8O4/c1-31-7-8-33(22(34)15-31)14-16-3-6-21(30-23(16)24-36-9-10-37-24)32(2)25(35)29-20-11-19(28-18-4-5-18)17(12-26)13-27-20/h3,6,11,13,18,24H,4-5,7-10,14-15H2,1-2H3,(H2,27,28,29,35). The van der Waals surface area contributed by atoms with Gasteiger partial charge < -0.3 is 19.7 Å². The fraction of sp³-hybridized carbons (Fsp3) is 0.480. The van der Waals surface area contributed by atoms with Crippen molar-refractivity contribution in [1.29, 1.82) is 5.26 Å². The van der Waals surface area contributed by atoms with Crippen LogP contribution in [0.15, 0.2) is 24.4 Å². The molecule has 5 rings (SSSR count). The van der Waals surface area contributed by atoms with Crippen LogP contribution in [0, 0.1) is 11.3 Å². The van der Waals surface area contributed by atoms with E-state index in [-0.39, 0.29) is 5.91 Å². The lowest BCUT2D eigenvalue weighted by molar-refractivity contribution is -0.136. The van der Waals surface area contributed by atoms with Gasteiger partial charge in [0.25, 0.3) is 0 Å². The van der Waals surface area contributed by atoms with E-state index in [1.54, 1.807) is 24.1 Å². The topological polar surface area (TPSA) is 136 Å². The van der Waals surface area contributed by atoms with Gasteiger partial charge in [0.15, 0.2) is 0 Å². The second-order valence-corrected chi connectivity index (χ2v) is 9.48. The van der Waals surface area contributed by atoms with Gasteiger partial charge in [0.05, 0.1) is 31.0 Å². The Kier molecular flexibility index (Phi) is 7.18. The minimum absolute atomic E-state index is 0.0546. The van der Waals surface area contributed by atoms with Crippen LogP contribution in [-0.4, -0.2) is 84.7 Å². The minimum Gasteiger partial charge on any atom is -0.381 e. The lowest BCUT2D eigenvalue weighted by atomic mass is 10.1. The summed E-state index contributed by atoms with van der Waals surface area (Å²) in [5.74, 6) is 0.774. The number of nitrogens with zero attached hydrogens (tertiary/aromatic N) is 6. The first kappa shape index (κ1) is 24.9. The zero-order chi connectivity index (χ0) is 25.9. The Morgan fingerprint density at radius 3 is 2.76 bits per heavy atom. The van der Waals surface area contributed by atoms with Crippen LogP contribution in [0.3, 0.4) is 0 Å². The van der Waals surface area contributed by atoms with Crippen molar-refractivity contribution in [2.45, 2.75) is 31.7 Å². The fourth-order valence-electron chi connectivity index (χ4n) is 4.21. The largest absolute Gasteiger partial charge is 0.381 e. The van der Waals surface area contributed by atoms with Gasteiger partial charge in [0, 0.05) is 45.0 Å². The van der Waals surface area contributed by atoms with E-state index in [4.69, 9.17) is 14.5 Å². The van der Waals surface area contributed by atoms with Crippen molar-refractivity contribution in [3.05, 3.63) is 41.2 Å². The number of aromatic nitrogens is 2. The molecule has 3 fully saturated rings. The van der Waals surface area contributed by atoms with Gasteiger partial charge in [-0.3, -0.25) is 19.9 Å². The summed E-state index contributed by atoms with van der Waals surface area (Å²) in [5.41, 5.74) is 2.44. The zero-order valence-electron chi connectivity index (χ0n) is 20.9. The molecular formula is C25H30N8O4. The molecule has 37 heavy (non-hydrogen) atoms. The quantitative estimate of drug-likeness (QED) is 0.577. The van der Waals surface area contributed by atoms with Gasteiger partial charge in [-0.05, 0) is 31.5 Å². The Balaban J connectivity index is 1.33. The molecule has 1 saturated carbocycles. The van der Waals surface area contributed by atoms with E-state index in [1.807, 2.05) is 18.0 Å². The van der Waals surface area contributed by atoms with E-state index < -0.39 is 12.3 Å². The molecule has 4 heterocycles. The summed E-state index contributed by atoms with van der Waals surface area (Å²) in [6.07, 6.45) is 2.89. The average molecular weight is 507 g/mol. The fourth-order valence-corrected chi connectivity index (χ4v) is 4.21. The molecule has 3 amide bonds. The van der Waals surface area contributed by atoms with Crippen molar-refractivity contribution < 1.29 is 19.1 Å². The van der Waals surface area contributed by atoms with Crippen molar-refractivity contribution >= 4 is 29.3 Å². The number of carbonyl (C=O) groups is 2. The van der Waals surface area contributed by atoms with Crippen molar-refractivity contribution in [2.24, 2.45) is 0 Å². The molecule has 12 nitrogen and oxygen atoms in total. The van der Waals surface area contributed by atoms with Gasteiger partial charge in [-0.25, -0.2) is 14.8 Å². The number of anilines is 3. The summed E-state index contributed by atoms with van der Waals surface area (Å²) in [5, 5.41) is 15.4. The number of hydrogen-bond acceptors (Lipinski definition) is 9. The molecular weight excluding hydrogens is 476 g/mol. The first-order valence-corrected chi connectivity index (χ1v) is 12.3. The minimum atomic E-state index is -0.662. The SMILES string of the molecule is CN1CCN(Cc2ccc(N(C)C(=O)Nc3cc(NC4CC4)c(C#N)cn3)nc2C2OCCO2)C(=O)C1. The predicted molar refractivity (Wildman–Crippen MR) is 135 cm³/mol. The second kappa shape index (κ2) is 10.7. The molecule has 1 aliphatic carbocycles. The van der Waals surface area contributed by atoms with Gasteiger partial charge in [-0.1, -0.05) is 6.07 Å². The molecule has 194 valence electrons. The smallest absolute Gasteiger partial charge is 0.328 e. The zero-order valence-corrected chi connectivity index (χ0v) is 20.9. The van der Waals surface area contributed by atoms with Crippen LogP contribution in [0.4, 0.5) is 22.1 Å². The number of amides is 3. The van der Waals surface area contributed by atoms with Crippen molar-refractivity contribution in [3.63, 3.8) is 0 Å². The summed E-state index contributed by atoms with van der Waals surface area (Å²) in [7, 11) is 3.53. The molecule has 0 spiro atoms. The van der Waals surface area contributed by atoms with Crippen LogP contribution in [0.5, 0.6) is 0 Å². The lowest BCUT2D eigenvalue weighted by Gasteiger charge is -2.32. The van der Waals surface area contributed by atoms with Gasteiger partial charge in [-0.15, -0.1) is 0 Å². The molecule has 0 bridgehead atoms. The number of ether oxygens (including phenoxy) is 2.